The number of alkyl carbamates (subject to hydrolysis) is 1. The van der Waals surface area contributed by atoms with Crippen molar-refractivity contribution < 1.29 is 38.5 Å². The second kappa shape index (κ2) is 13.3. The molecule has 4 atom stereocenters. The summed E-state index contributed by atoms with van der Waals surface area (Å²) in [6, 6.07) is 9.68. The molecule has 0 saturated heterocycles. The van der Waals surface area contributed by atoms with Gasteiger partial charge in [0.05, 0.1) is 12.5 Å². The zero-order chi connectivity index (χ0) is 25.1. The number of rotatable bonds is 14. The number of benzene rings is 1. The van der Waals surface area contributed by atoms with Crippen LogP contribution < -0.4 is 5.32 Å². The van der Waals surface area contributed by atoms with E-state index in [0.29, 0.717) is 13.1 Å². The summed E-state index contributed by atoms with van der Waals surface area (Å²) in [5, 5.41) is 11.7. The normalized spacial score (nSPS) is 19.4. The Kier molecular flexibility index (Phi) is 10.5. The minimum atomic E-state index is -1.18. The Bertz CT molecular complexity index is 832. The van der Waals surface area contributed by atoms with E-state index >= 15 is 0 Å². The molecule has 0 radical (unpaired) electrons. The Balaban J connectivity index is 1.79. The summed E-state index contributed by atoms with van der Waals surface area (Å²) in [4.78, 5) is 52.6. The highest BCUT2D eigenvalue weighted by atomic mass is 17.0. The van der Waals surface area contributed by atoms with Gasteiger partial charge in [-0.2, -0.15) is 0 Å². The SMILES string of the molecule is CCN(CC)C(=O)[C@@H]1C(c2ccccc2)[C@@H]1CNC(=O)OC(C)OC(=O)COCCO[N+](=O)[O-]. The van der Waals surface area contributed by atoms with Crippen molar-refractivity contribution in [2.24, 2.45) is 11.8 Å². The molecule has 1 aromatic carbocycles. The topological polar surface area (TPSA) is 147 Å². The summed E-state index contributed by atoms with van der Waals surface area (Å²) < 4.78 is 14.8. The van der Waals surface area contributed by atoms with Crippen molar-refractivity contribution in [3.8, 4) is 0 Å². The van der Waals surface area contributed by atoms with Crippen LogP contribution in [0, 0.1) is 22.0 Å². The van der Waals surface area contributed by atoms with E-state index in [2.05, 4.69) is 10.2 Å². The molecule has 1 aromatic rings. The first-order valence-corrected chi connectivity index (χ1v) is 11.1. The van der Waals surface area contributed by atoms with E-state index in [9.17, 15) is 24.5 Å². The molecule has 0 aliphatic heterocycles. The van der Waals surface area contributed by atoms with Gasteiger partial charge in [0, 0.05) is 32.5 Å². The maximum absolute atomic E-state index is 12.9. The van der Waals surface area contributed by atoms with Gasteiger partial charge < -0.3 is 29.3 Å². The molecule has 188 valence electrons. The van der Waals surface area contributed by atoms with E-state index in [4.69, 9.17) is 14.2 Å². The fraction of sp³-hybridized carbons (Fsp3) is 0.591. The Morgan fingerprint density at radius 1 is 1.12 bits per heavy atom. The molecule has 0 heterocycles. The average molecular weight is 482 g/mol. The van der Waals surface area contributed by atoms with Crippen molar-refractivity contribution in [2.75, 3.05) is 39.5 Å². The molecule has 1 N–H and O–H groups in total. The van der Waals surface area contributed by atoms with Gasteiger partial charge in [-0.05, 0) is 25.3 Å². The molecule has 0 spiro atoms. The highest BCUT2D eigenvalue weighted by Gasteiger charge is 2.56. The van der Waals surface area contributed by atoms with E-state index in [1.54, 1.807) is 4.90 Å². The van der Waals surface area contributed by atoms with Crippen LogP contribution in [0.5, 0.6) is 0 Å². The Morgan fingerprint density at radius 2 is 1.79 bits per heavy atom. The third-order valence-electron chi connectivity index (χ3n) is 5.41. The molecule has 1 aliphatic rings. The lowest BCUT2D eigenvalue weighted by molar-refractivity contribution is -0.758. The summed E-state index contributed by atoms with van der Waals surface area (Å²) in [5.74, 6) is -1.05. The van der Waals surface area contributed by atoms with Gasteiger partial charge in [0.15, 0.2) is 0 Å². The molecular weight excluding hydrogens is 450 g/mol. The van der Waals surface area contributed by atoms with Gasteiger partial charge in [-0.15, -0.1) is 10.1 Å². The van der Waals surface area contributed by atoms with Gasteiger partial charge >= 0.3 is 12.1 Å². The number of hydrogen-bond acceptors (Lipinski definition) is 9. The fourth-order valence-electron chi connectivity index (χ4n) is 3.80. The molecule has 12 heteroatoms. The highest BCUT2D eigenvalue weighted by Crippen LogP contribution is 2.54. The van der Waals surface area contributed by atoms with Crippen molar-refractivity contribution >= 4 is 18.0 Å². The van der Waals surface area contributed by atoms with Crippen LogP contribution in [-0.2, 0) is 28.6 Å². The maximum Gasteiger partial charge on any atom is 0.410 e. The second-order valence-electron chi connectivity index (χ2n) is 7.59. The van der Waals surface area contributed by atoms with Crippen molar-refractivity contribution in [1.29, 1.82) is 0 Å². The van der Waals surface area contributed by atoms with Crippen LogP contribution in [0.4, 0.5) is 4.79 Å². The first kappa shape index (κ1) is 26.8. The molecular formula is C22H31N3O9. The van der Waals surface area contributed by atoms with Gasteiger partial charge in [-0.25, -0.2) is 9.59 Å². The monoisotopic (exact) mass is 481 g/mol. The lowest BCUT2D eigenvalue weighted by atomic mass is 10.1. The number of amides is 2. The van der Waals surface area contributed by atoms with Crippen molar-refractivity contribution in [3.05, 3.63) is 46.0 Å². The molecule has 1 saturated carbocycles. The molecule has 1 aliphatic carbocycles. The number of carbonyl (C=O) groups is 3. The van der Waals surface area contributed by atoms with Crippen LogP contribution >= 0.6 is 0 Å². The third-order valence-corrected chi connectivity index (χ3v) is 5.41. The van der Waals surface area contributed by atoms with Crippen LogP contribution in [0.2, 0.25) is 0 Å². The molecule has 2 rings (SSSR count). The lowest BCUT2D eigenvalue weighted by Gasteiger charge is -2.19. The van der Waals surface area contributed by atoms with Crippen molar-refractivity contribution in [2.45, 2.75) is 33.0 Å². The first-order chi connectivity index (χ1) is 16.3. The van der Waals surface area contributed by atoms with Crippen LogP contribution in [0.1, 0.15) is 32.3 Å². The minimum absolute atomic E-state index is 0.00119. The zero-order valence-corrected chi connectivity index (χ0v) is 19.5. The minimum Gasteiger partial charge on any atom is -0.424 e. The number of carbonyl (C=O) groups excluding carboxylic acids is 3. The summed E-state index contributed by atoms with van der Waals surface area (Å²) in [6.07, 6.45) is -1.96. The number of ether oxygens (including phenoxy) is 3. The molecule has 0 bridgehead atoms. The van der Waals surface area contributed by atoms with E-state index in [-0.39, 0.29) is 43.4 Å². The predicted molar refractivity (Wildman–Crippen MR) is 118 cm³/mol. The molecule has 2 unspecified atom stereocenters. The van der Waals surface area contributed by atoms with Crippen LogP contribution in [0.25, 0.3) is 0 Å². The maximum atomic E-state index is 12.9. The van der Waals surface area contributed by atoms with Crippen LogP contribution in [0.3, 0.4) is 0 Å². The number of nitrogens with zero attached hydrogens (tertiary/aromatic N) is 2. The van der Waals surface area contributed by atoms with Gasteiger partial charge in [0.1, 0.15) is 13.2 Å². The molecule has 0 aromatic heterocycles. The Morgan fingerprint density at radius 3 is 2.41 bits per heavy atom. The lowest BCUT2D eigenvalue weighted by Crippen LogP contribution is -2.34. The molecule has 2 amide bonds. The quantitative estimate of drug-likeness (QED) is 0.138. The average Bonchev–Trinajstić information content (AvgIpc) is 3.52. The standard InChI is InChI=1S/C22H31N3O9/c1-4-24(5-2)21(27)20-17(19(20)16-9-7-6-8-10-16)13-23-22(28)34-15(3)33-18(26)14-31-11-12-32-25(29)30/h6-10,15,17,19-20H,4-5,11-14H2,1-3H3,(H,23,28)/t15?,17-,19?,20-/m0/s1. The van der Waals surface area contributed by atoms with Gasteiger partial charge in [0.2, 0.25) is 12.2 Å². The number of nitrogens with one attached hydrogen (secondary N) is 1. The summed E-state index contributed by atoms with van der Waals surface area (Å²) in [7, 11) is 0. The molecule has 34 heavy (non-hydrogen) atoms. The van der Waals surface area contributed by atoms with Gasteiger partial charge in [-0.3, -0.25) is 4.79 Å². The summed E-state index contributed by atoms with van der Waals surface area (Å²) >= 11 is 0. The number of esters is 1. The van der Waals surface area contributed by atoms with E-state index in [1.165, 1.54) is 6.92 Å². The van der Waals surface area contributed by atoms with Crippen LogP contribution in [0.15, 0.2) is 30.3 Å². The van der Waals surface area contributed by atoms with Gasteiger partial charge in [0.25, 0.3) is 5.09 Å². The second-order valence-corrected chi connectivity index (χ2v) is 7.59. The Hall–Kier alpha value is -3.41. The van der Waals surface area contributed by atoms with E-state index in [1.807, 2.05) is 44.2 Å². The molecule has 1 fully saturated rings. The summed E-state index contributed by atoms with van der Waals surface area (Å²) in [5.41, 5.74) is 1.04. The smallest absolute Gasteiger partial charge is 0.410 e. The van der Waals surface area contributed by atoms with Crippen molar-refractivity contribution in [1.82, 2.24) is 10.2 Å². The fourth-order valence-corrected chi connectivity index (χ4v) is 3.80. The van der Waals surface area contributed by atoms with E-state index < -0.39 is 30.0 Å². The van der Waals surface area contributed by atoms with Crippen LogP contribution in [-0.4, -0.2) is 73.7 Å². The Labute approximate surface area is 197 Å². The third kappa shape index (κ3) is 8.18. The summed E-state index contributed by atoms with van der Waals surface area (Å²) in [6.45, 7) is 5.71. The van der Waals surface area contributed by atoms with E-state index in [0.717, 1.165) is 5.56 Å². The van der Waals surface area contributed by atoms with Crippen molar-refractivity contribution in [3.63, 3.8) is 0 Å². The predicted octanol–water partition coefficient (Wildman–Crippen LogP) is 1.72. The van der Waals surface area contributed by atoms with Gasteiger partial charge in [-0.1, -0.05) is 30.3 Å². The molecule has 12 nitrogen and oxygen atoms in total. The highest BCUT2D eigenvalue weighted by molar-refractivity contribution is 5.84. The largest absolute Gasteiger partial charge is 0.424 e. The first-order valence-electron chi connectivity index (χ1n) is 11.1. The zero-order valence-electron chi connectivity index (χ0n) is 19.5. The number of hydrogen-bond donors (Lipinski definition) is 1.